The molecule has 1 N–H and O–H groups in total. The summed E-state index contributed by atoms with van der Waals surface area (Å²) in [6.07, 6.45) is 7.35. The zero-order valence-electron chi connectivity index (χ0n) is 25.3. The van der Waals surface area contributed by atoms with Crippen molar-refractivity contribution in [1.29, 1.82) is 5.26 Å². The zero-order valence-corrected chi connectivity index (χ0v) is 25.3. The van der Waals surface area contributed by atoms with Crippen molar-refractivity contribution in [1.82, 2.24) is 20.0 Å². The van der Waals surface area contributed by atoms with Gasteiger partial charge in [-0.2, -0.15) is 5.26 Å². The van der Waals surface area contributed by atoms with Crippen molar-refractivity contribution in [2.75, 3.05) is 39.3 Å². The van der Waals surface area contributed by atoms with E-state index in [1.165, 1.54) is 11.1 Å². The molecule has 8 nitrogen and oxygen atoms in total. The average Bonchev–Trinajstić information content (AvgIpc) is 3.34. The van der Waals surface area contributed by atoms with Crippen molar-refractivity contribution in [3.8, 4) is 6.07 Å². The van der Waals surface area contributed by atoms with Crippen molar-refractivity contribution in [2.24, 2.45) is 11.8 Å². The number of likely N-dealkylation sites (tertiary alicyclic amines) is 2. The molecule has 1 aliphatic carbocycles. The van der Waals surface area contributed by atoms with Crippen LogP contribution >= 0.6 is 0 Å². The smallest absolute Gasteiger partial charge is 0.410 e. The van der Waals surface area contributed by atoms with Crippen LogP contribution in [0.5, 0.6) is 0 Å². The monoisotopic (exact) mass is 583 g/mol. The lowest BCUT2D eigenvalue weighted by Crippen LogP contribution is -2.47. The van der Waals surface area contributed by atoms with Crippen molar-refractivity contribution >= 4 is 12.0 Å². The summed E-state index contributed by atoms with van der Waals surface area (Å²) in [6.45, 7) is 7.09. The van der Waals surface area contributed by atoms with Crippen molar-refractivity contribution < 1.29 is 14.3 Å². The molecule has 43 heavy (non-hydrogen) atoms. The highest BCUT2D eigenvalue weighted by Gasteiger charge is 2.47. The first kappa shape index (κ1) is 29.7. The fourth-order valence-corrected chi connectivity index (χ4v) is 7.47. The second-order valence-corrected chi connectivity index (χ2v) is 13.3. The fourth-order valence-electron chi connectivity index (χ4n) is 7.47. The van der Waals surface area contributed by atoms with E-state index in [1.54, 1.807) is 0 Å². The first-order valence-corrected chi connectivity index (χ1v) is 16.2. The molecule has 0 bridgehead atoms. The lowest BCUT2D eigenvalue weighted by atomic mass is 9.81. The van der Waals surface area contributed by atoms with Gasteiger partial charge in [-0.25, -0.2) is 4.79 Å². The number of carbonyl (C=O) groups excluding carboxylic acids is 2. The van der Waals surface area contributed by atoms with Crippen LogP contribution in [-0.4, -0.2) is 77.6 Å². The van der Waals surface area contributed by atoms with Gasteiger partial charge in [0.25, 0.3) is 0 Å². The van der Waals surface area contributed by atoms with E-state index < -0.39 is 0 Å². The molecule has 0 unspecified atom stereocenters. The van der Waals surface area contributed by atoms with Gasteiger partial charge in [-0.15, -0.1) is 0 Å². The minimum absolute atomic E-state index is 0.0934. The molecule has 1 spiro atoms. The molecule has 0 atom stereocenters. The normalized spacial score (nSPS) is 24.9. The van der Waals surface area contributed by atoms with Crippen molar-refractivity contribution in [3.05, 3.63) is 71.3 Å². The molecule has 228 valence electrons. The quantitative estimate of drug-likeness (QED) is 0.474. The number of rotatable bonds is 8. The van der Waals surface area contributed by atoms with Crippen LogP contribution in [0.3, 0.4) is 0 Å². The Bertz CT molecular complexity index is 1270. The minimum Gasteiger partial charge on any atom is -0.441 e. The topological polar surface area (TPSA) is 88.9 Å². The van der Waals surface area contributed by atoms with Gasteiger partial charge in [-0.05, 0) is 67.7 Å². The molecule has 2 amide bonds. The number of benzene rings is 2. The van der Waals surface area contributed by atoms with Gasteiger partial charge < -0.3 is 15.0 Å². The van der Waals surface area contributed by atoms with E-state index in [-0.39, 0.29) is 29.6 Å². The summed E-state index contributed by atoms with van der Waals surface area (Å²) in [4.78, 5) is 32.8. The summed E-state index contributed by atoms with van der Waals surface area (Å²) in [7, 11) is 0. The summed E-state index contributed by atoms with van der Waals surface area (Å²) in [5, 5.41) is 12.4. The van der Waals surface area contributed by atoms with E-state index in [0.29, 0.717) is 18.0 Å². The number of amides is 2. The SMILES string of the molecule is N#Cc1ccc(CN2CCC3(CC2)CN(CC2CCC(C(=O)NC4CCN(Cc5ccccc5)CC4)CC2)C(=O)O3)cc1. The fraction of sp³-hybridized carbons (Fsp3) is 0.571. The first-order valence-electron chi connectivity index (χ1n) is 16.2. The van der Waals surface area contributed by atoms with Crippen molar-refractivity contribution in [2.45, 2.75) is 76.1 Å². The molecule has 0 aromatic heterocycles. The number of hydrogen-bond acceptors (Lipinski definition) is 6. The molecule has 4 aliphatic rings. The molecule has 4 fully saturated rings. The van der Waals surface area contributed by atoms with Crippen LogP contribution in [0, 0.1) is 23.2 Å². The number of nitrogens with zero attached hydrogens (tertiary/aromatic N) is 4. The summed E-state index contributed by atoms with van der Waals surface area (Å²) in [5.41, 5.74) is 2.86. The maximum absolute atomic E-state index is 13.1. The average molecular weight is 584 g/mol. The van der Waals surface area contributed by atoms with E-state index in [4.69, 9.17) is 10.00 Å². The Kier molecular flexibility index (Phi) is 9.30. The van der Waals surface area contributed by atoms with E-state index in [1.807, 2.05) is 29.2 Å². The Balaban J connectivity index is 0.889. The molecule has 0 radical (unpaired) electrons. The molecule has 1 saturated carbocycles. The van der Waals surface area contributed by atoms with Gasteiger partial charge in [0, 0.05) is 70.6 Å². The summed E-state index contributed by atoms with van der Waals surface area (Å²) in [5.74, 6) is 0.757. The van der Waals surface area contributed by atoms with Gasteiger partial charge in [0.15, 0.2) is 0 Å². The highest BCUT2D eigenvalue weighted by atomic mass is 16.6. The Labute approximate surface area is 256 Å². The molecule has 2 aromatic carbocycles. The third-order valence-corrected chi connectivity index (χ3v) is 10.2. The Morgan fingerprint density at radius 1 is 0.860 bits per heavy atom. The highest BCUT2D eigenvalue weighted by Crippen LogP contribution is 2.36. The van der Waals surface area contributed by atoms with E-state index >= 15 is 0 Å². The van der Waals surface area contributed by atoms with Gasteiger partial charge in [-0.3, -0.25) is 14.6 Å². The Hall–Kier alpha value is -3.41. The molecule has 8 heteroatoms. The first-order chi connectivity index (χ1) is 21.0. The Morgan fingerprint density at radius 2 is 1.49 bits per heavy atom. The van der Waals surface area contributed by atoms with Crippen molar-refractivity contribution in [3.63, 3.8) is 0 Å². The molecular weight excluding hydrogens is 538 g/mol. The summed E-state index contributed by atoms with van der Waals surface area (Å²) in [6, 6.07) is 20.8. The van der Waals surface area contributed by atoms with Crippen LogP contribution < -0.4 is 5.32 Å². The lowest BCUT2D eigenvalue weighted by Gasteiger charge is -2.37. The van der Waals surface area contributed by atoms with Gasteiger partial charge in [0.1, 0.15) is 5.60 Å². The van der Waals surface area contributed by atoms with Gasteiger partial charge in [-0.1, -0.05) is 42.5 Å². The lowest BCUT2D eigenvalue weighted by molar-refractivity contribution is -0.127. The summed E-state index contributed by atoms with van der Waals surface area (Å²) >= 11 is 0. The van der Waals surface area contributed by atoms with Crippen LogP contribution in [0.25, 0.3) is 0 Å². The maximum atomic E-state index is 13.1. The molecule has 6 rings (SSSR count). The minimum atomic E-state index is -0.369. The second-order valence-electron chi connectivity index (χ2n) is 13.3. The van der Waals surface area contributed by atoms with E-state index in [9.17, 15) is 9.59 Å². The van der Waals surface area contributed by atoms with Crippen LogP contribution in [-0.2, 0) is 22.6 Å². The molecule has 2 aromatic rings. The third-order valence-electron chi connectivity index (χ3n) is 10.2. The number of carbonyl (C=O) groups is 2. The van der Waals surface area contributed by atoms with Gasteiger partial charge >= 0.3 is 6.09 Å². The standard InChI is InChI=1S/C35H45N5O3/c36-22-27-6-8-29(9-7-27)24-39-20-16-35(17-21-39)26-40(34(42)43-35)25-30-10-12-31(13-11-30)33(41)37-32-14-18-38(19-15-32)23-28-4-2-1-3-5-28/h1-9,30-32H,10-21,23-26H2,(H,37,41). The van der Waals surface area contributed by atoms with Gasteiger partial charge in [0.2, 0.25) is 5.91 Å². The number of nitrogens with one attached hydrogen (secondary N) is 1. The molecule has 3 aliphatic heterocycles. The van der Waals surface area contributed by atoms with E-state index in [0.717, 1.165) is 97.2 Å². The number of ether oxygens (including phenoxy) is 1. The maximum Gasteiger partial charge on any atom is 0.410 e. The van der Waals surface area contributed by atoms with Crippen LogP contribution in [0.1, 0.15) is 68.1 Å². The number of hydrogen-bond donors (Lipinski definition) is 1. The van der Waals surface area contributed by atoms with Crippen LogP contribution in [0.15, 0.2) is 54.6 Å². The van der Waals surface area contributed by atoms with Crippen LogP contribution in [0.2, 0.25) is 0 Å². The second kappa shape index (κ2) is 13.5. The van der Waals surface area contributed by atoms with Crippen LogP contribution in [0.4, 0.5) is 4.79 Å². The number of nitriles is 1. The summed E-state index contributed by atoms with van der Waals surface area (Å²) < 4.78 is 6.01. The third kappa shape index (κ3) is 7.57. The molecular formula is C35H45N5O3. The molecule has 3 heterocycles. The predicted molar refractivity (Wildman–Crippen MR) is 165 cm³/mol. The van der Waals surface area contributed by atoms with E-state index in [2.05, 4.69) is 51.5 Å². The molecule has 3 saturated heterocycles. The number of piperidine rings is 2. The largest absolute Gasteiger partial charge is 0.441 e. The van der Waals surface area contributed by atoms with Gasteiger partial charge in [0.05, 0.1) is 18.2 Å². The Morgan fingerprint density at radius 3 is 2.14 bits per heavy atom. The predicted octanol–water partition coefficient (Wildman–Crippen LogP) is 4.93. The zero-order chi connectivity index (χ0) is 29.6. The highest BCUT2D eigenvalue weighted by molar-refractivity contribution is 5.79.